The Labute approximate surface area is 85.4 Å². The van der Waals surface area contributed by atoms with Crippen LogP contribution in [0.5, 0.6) is 0 Å². The highest BCUT2D eigenvalue weighted by Crippen LogP contribution is 2.29. The third-order valence-electron chi connectivity index (χ3n) is 2.56. The van der Waals surface area contributed by atoms with E-state index in [-0.39, 0.29) is 5.91 Å². The van der Waals surface area contributed by atoms with Gasteiger partial charge in [0.15, 0.2) is 0 Å². The Hall–Kier alpha value is -0.610. The summed E-state index contributed by atoms with van der Waals surface area (Å²) in [5.41, 5.74) is 5.73. The lowest BCUT2D eigenvalue weighted by Gasteiger charge is -2.20. The number of carbonyl (C=O) groups excluding carboxylic acids is 1. The number of carbonyl (C=O) groups is 1. The van der Waals surface area contributed by atoms with Gasteiger partial charge in [-0.1, -0.05) is 0 Å². The summed E-state index contributed by atoms with van der Waals surface area (Å²) in [6.07, 6.45) is 3.11. The number of nitrogens with two attached hydrogens (primary N) is 1. The average Bonchev–Trinajstić information content (AvgIpc) is 2.96. The van der Waals surface area contributed by atoms with E-state index in [2.05, 4.69) is 0 Å². The monoisotopic (exact) mass is 200 g/mol. The highest BCUT2D eigenvalue weighted by molar-refractivity contribution is 5.81. The van der Waals surface area contributed by atoms with Crippen molar-refractivity contribution in [2.24, 2.45) is 11.7 Å². The van der Waals surface area contributed by atoms with Crippen LogP contribution < -0.4 is 5.73 Å². The van der Waals surface area contributed by atoms with E-state index in [0.29, 0.717) is 13.0 Å². The van der Waals surface area contributed by atoms with Crippen LogP contribution in [-0.4, -0.2) is 44.2 Å². The number of hydrogen-bond acceptors (Lipinski definition) is 3. The first-order valence-electron chi connectivity index (χ1n) is 5.14. The van der Waals surface area contributed by atoms with Crippen LogP contribution in [0.25, 0.3) is 0 Å². The van der Waals surface area contributed by atoms with Crippen molar-refractivity contribution in [3.63, 3.8) is 0 Å². The molecule has 4 heteroatoms. The second-order valence-corrected chi connectivity index (χ2v) is 4.05. The molecular weight excluding hydrogens is 180 g/mol. The van der Waals surface area contributed by atoms with E-state index in [1.807, 2.05) is 7.05 Å². The molecule has 1 saturated carbocycles. The molecule has 4 nitrogen and oxygen atoms in total. The van der Waals surface area contributed by atoms with Gasteiger partial charge in [0.1, 0.15) is 0 Å². The SMILES string of the molecule is COCCC(N)C(=O)N(C)CC1CC1. The number of likely N-dealkylation sites (N-methyl/N-ethyl adjacent to an activating group) is 1. The van der Waals surface area contributed by atoms with Crippen molar-refractivity contribution in [3.05, 3.63) is 0 Å². The average molecular weight is 200 g/mol. The van der Waals surface area contributed by atoms with E-state index in [9.17, 15) is 4.79 Å². The summed E-state index contributed by atoms with van der Waals surface area (Å²) in [6, 6.07) is -0.404. The molecule has 1 amide bonds. The predicted molar refractivity (Wildman–Crippen MR) is 54.8 cm³/mol. The third kappa shape index (κ3) is 3.64. The van der Waals surface area contributed by atoms with Gasteiger partial charge in [-0.25, -0.2) is 0 Å². The van der Waals surface area contributed by atoms with Crippen LogP contribution in [0.2, 0.25) is 0 Å². The van der Waals surface area contributed by atoms with Crippen LogP contribution in [0.3, 0.4) is 0 Å². The van der Waals surface area contributed by atoms with Crippen molar-refractivity contribution >= 4 is 5.91 Å². The minimum atomic E-state index is -0.404. The summed E-state index contributed by atoms with van der Waals surface area (Å²) >= 11 is 0. The molecule has 1 rings (SSSR count). The van der Waals surface area contributed by atoms with Gasteiger partial charge in [-0.3, -0.25) is 4.79 Å². The zero-order chi connectivity index (χ0) is 10.6. The largest absolute Gasteiger partial charge is 0.385 e. The third-order valence-corrected chi connectivity index (χ3v) is 2.56. The molecule has 0 heterocycles. The summed E-state index contributed by atoms with van der Waals surface area (Å²) in [7, 11) is 3.44. The molecule has 1 aliphatic rings. The first-order valence-corrected chi connectivity index (χ1v) is 5.14. The topological polar surface area (TPSA) is 55.6 Å². The van der Waals surface area contributed by atoms with Gasteiger partial charge in [0, 0.05) is 27.3 Å². The Morgan fingerprint density at radius 2 is 2.29 bits per heavy atom. The van der Waals surface area contributed by atoms with Crippen molar-refractivity contribution in [1.82, 2.24) is 4.90 Å². The number of methoxy groups -OCH3 is 1. The highest BCUT2D eigenvalue weighted by atomic mass is 16.5. The molecule has 0 aromatic heterocycles. The lowest BCUT2D eigenvalue weighted by atomic mass is 10.2. The van der Waals surface area contributed by atoms with Crippen LogP contribution in [0.4, 0.5) is 0 Å². The molecule has 1 unspecified atom stereocenters. The first-order chi connectivity index (χ1) is 6.65. The molecule has 1 atom stereocenters. The van der Waals surface area contributed by atoms with Gasteiger partial charge in [0.25, 0.3) is 0 Å². The number of amides is 1. The highest BCUT2D eigenvalue weighted by Gasteiger charge is 2.26. The van der Waals surface area contributed by atoms with Crippen molar-refractivity contribution < 1.29 is 9.53 Å². The summed E-state index contributed by atoms with van der Waals surface area (Å²) in [5.74, 6) is 0.757. The maximum Gasteiger partial charge on any atom is 0.239 e. The van der Waals surface area contributed by atoms with Crippen LogP contribution >= 0.6 is 0 Å². The van der Waals surface area contributed by atoms with Gasteiger partial charge < -0.3 is 15.4 Å². The molecule has 82 valence electrons. The molecule has 0 aromatic carbocycles. The summed E-state index contributed by atoms with van der Waals surface area (Å²) < 4.78 is 4.89. The number of nitrogens with zero attached hydrogens (tertiary/aromatic N) is 1. The van der Waals surface area contributed by atoms with E-state index in [1.54, 1.807) is 12.0 Å². The smallest absolute Gasteiger partial charge is 0.239 e. The standard InChI is InChI=1S/C10H20N2O2/c1-12(7-8-3-4-8)10(13)9(11)5-6-14-2/h8-9H,3-7,11H2,1-2H3. The van der Waals surface area contributed by atoms with Crippen molar-refractivity contribution in [1.29, 1.82) is 0 Å². The summed E-state index contributed by atoms with van der Waals surface area (Å²) in [4.78, 5) is 13.4. The Kier molecular flexibility index (Phi) is 4.35. The van der Waals surface area contributed by atoms with E-state index in [0.717, 1.165) is 12.5 Å². The van der Waals surface area contributed by atoms with E-state index in [1.165, 1.54) is 12.8 Å². The second-order valence-electron chi connectivity index (χ2n) is 4.05. The fraction of sp³-hybridized carbons (Fsp3) is 0.900. The molecule has 1 fully saturated rings. The fourth-order valence-corrected chi connectivity index (χ4v) is 1.43. The molecule has 0 saturated heterocycles. The molecule has 0 bridgehead atoms. The Bertz CT molecular complexity index is 193. The lowest BCUT2D eigenvalue weighted by molar-refractivity contribution is -0.131. The minimum Gasteiger partial charge on any atom is -0.385 e. The van der Waals surface area contributed by atoms with Crippen LogP contribution in [-0.2, 0) is 9.53 Å². The van der Waals surface area contributed by atoms with Crippen molar-refractivity contribution in [2.75, 3.05) is 27.3 Å². The molecular formula is C10H20N2O2. The van der Waals surface area contributed by atoms with Gasteiger partial charge in [0.2, 0.25) is 5.91 Å². The minimum absolute atomic E-state index is 0.0361. The van der Waals surface area contributed by atoms with E-state index in [4.69, 9.17) is 10.5 Å². The summed E-state index contributed by atoms with van der Waals surface area (Å²) in [5, 5.41) is 0. The zero-order valence-electron chi connectivity index (χ0n) is 9.03. The van der Waals surface area contributed by atoms with Gasteiger partial charge >= 0.3 is 0 Å². The van der Waals surface area contributed by atoms with Crippen LogP contribution in [0, 0.1) is 5.92 Å². The zero-order valence-corrected chi connectivity index (χ0v) is 9.03. The predicted octanol–water partition coefficient (Wildman–Crippen LogP) is 0.219. The van der Waals surface area contributed by atoms with Crippen molar-refractivity contribution in [3.8, 4) is 0 Å². The molecule has 14 heavy (non-hydrogen) atoms. The van der Waals surface area contributed by atoms with Crippen molar-refractivity contribution in [2.45, 2.75) is 25.3 Å². The number of ether oxygens (including phenoxy) is 1. The molecule has 0 aliphatic heterocycles. The van der Waals surface area contributed by atoms with Gasteiger partial charge in [-0.05, 0) is 25.2 Å². The molecule has 1 aliphatic carbocycles. The fourth-order valence-electron chi connectivity index (χ4n) is 1.43. The van der Waals surface area contributed by atoms with Crippen LogP contribution in [0.1, 0.15) is 19.3 Å². The molecule has 0 spiro atoms. The molecule has 2 N–H and O–H groups in total. The van der Waals surface area contributed by atoms with E-state index >= 15 is 0 Å². The van der Waals surface area contributed by atoms with E-state index < -0.39 is 6.04 Å². The maximum absolute atomic E-state index is 11.7. The van der Waals surface area contributed by atoms with Gasteiger partial charge in [-0.15, -0.1) is 0 Å². The van der Waals surface area contributed by atoms with Crippen LogP contribution in [0.15, 0.2) is 0 Å². The first kappa shape index (κ1) is 11.5. The maximum atomic E-state index is 11.7. The normalized spacial score (nSPS) is 17.9. The van der Waals surface area contributed by atoms with Gasteiger partial charge in [-0.2, -0.15) is 0 Å². The molecule has 0 aromatic rings. The quantitative estimate of drug-likeness (QED) is 0.667. The Morgan fingerprint density at radius 3 is 2.79 bits per heavy atom. The lowest BCUT2D eigenvalue weighted by Crippen LogP contribution is -2.43. The number of hydrogen-bond donors (Lipinski definition) is 1. The molecule has 0 radical (unpaired) electrons. The number of rotatable bonds is 6. The second kappa shape index (κ2) is 5.32. The van der Waals surface area contributed by atoms with Gasteiger partial charge in [0.05, 0.1) is 6.04 Å². The Balaban J connectivity index is 2.22. The summed E-state index contributed by atoms with van der Waals surface area (Å²) in [6.45, 7) is 1.41. The Morgan fingerprint density at radius 1 is 1.64 bits per heavy atom.